The van der Waals surface area contributed by atoms with Crippen LogP contribution in [0.2, 0.25) is 0 Å². The van der Waals surface area contributed by atoms with Crippen LogP contribution in [0.25, 0.3) is 5.76 Å². The first-order chi connectivity index (χ1) is 16.6. The minimum absolute atomic E-state index is 0.0443. The quantitative estimate of drug-likeness (QED) is 0.327. The molecule has 1 aromatic rings. The van der Waals surface area contributed by atoms with Gasteiger partial charge in [-0.1, -0.05) is 32.9 Å². The number of likely N-dealkylation sites (N-methyl/N-ethyl adjacent to an activating group) is 1. The maximum Gasteiger partial charge on any atom is 0.202 e. The molecule has 36 heavy (non-hydrogen) atoms. The second kappa shape index (κ2) is 8.24. The van der Waals surface area contributed by atoms with Crippen molar-refractivity contribution in [2.45, 2.75) is 51.0 Å². The molecule has 10 heteroatoms. The minimum atomic E-state index is -2.95. The van der Waals surface area contributed by atoms with E-state index in [1.165, 1.54) is 37.2 Å². The first-order valence-corrected chi connectivity index (χ1v) is 11.6. The molecule has 1 aromatic carbocycles. The molecule has 0 aliphatic heterocycles. The molecule has 1 saturated carbocycles. The van der Waals surface area contributed by atoms with E-state index in [0.29, 0.717) is 0 Å². The average molecular weight is 502 g/mol. The lowest BCUT2D eigenvalue weighted by molar-refractivity contribution is -0.174. The van der Waals surface area contributed by atoms with Gasteiger partial charge in [-0.05, 0) is 31.1 Å². The van der Waals surface area contributed by atoms with Crippen molar-refractivity contribution in [3.8, 4) is 5.75 Å². The van der Waals surface area contributed by atoms with Gasteiger partial charge in [0.2, 0.25) is 5.78 Å². The van der Waals surface area contributed by atoms with Crippen molar-refractivity contribution in [1.82, 2.24) is 4.90 Å². The predicted octanol–water partition coefficient (Wildman–Crippen LogP) is 0.946. The van der Waals surface area contributed by atoms with Crippen LogP contribution in [0.15, 0.2) is 35.1 Å². The van der Waals surface area contributed by atoms with Crippen LogP contribution in [0, 0.1) is 17.3 Å². The third-order valence-electron chi connectivity index (χ3n) is 7.35. The van der Waals surface area contributed by atoms with E-state index in [1.54, 1.807) is 20.8 Å². The zero-order valence-corrected chi connectivity index (χ0v) is 20.7. The number of phenols is 1. The zero-order chi connectivity index (χ0) is 27.1. The molecule has 3 aliphatic rings. The Labute approximate surface area is 207 Å². The van der Waals surface area contributed by atoms with E-state index in [4.69, 9.17) is 0 Å². The van der Waals surface area contributed by atoms with E-state index in [1.807, 2.05) is 0 Å². The van der Waals surface area contributed by atoms with Gasteiger partial charge in [-0.15, -0.1) is 0 Å². The molecule has 0 unspecified atom stereocenters. The highest BCUT2D eigenvalue weighted by atomic mass is 16.4. The summed E-state index contributed by atoms with van der Waals surface area (Å²) in [7, 11) is 2.92. The van der Waals surface area contributed by atoms with Crippen LogP contribution in [0.1, 0.15) is 44.4 Å². The minimum Gasteiger partial charge on any atom is -0.508 e. The Hall–Kier alpha value is -3.05. The van der Waals surface area contributed by atoms with Gasteiger partial charge >= 0.3 is 0 Å². The van der Waals surface area contributed by atoms with Crippen LogP contribution in [-0.2, 0) is 14.4 Å². The molecule has 0 aromatic heterocycles. The fourth-order valence-corrected chi connectivity index (χ4v) is 5.84. The maximum atomic E-state index is 13.9. The van der Waals surface area contributed by atoms with Crippen LogP contribution in [-0.4, -0.2) is 84.7 Å². The SMILES string of the molecule is CN(C)[C@@H]1C(=O)C(C(=O)CC(C)(C)C)=C(O)[C@@]2(O)C(=O)C3=C(O)c4c(O)cccc4[C@H](O)[C@H]3[C@H](O)[C@@H]12. The number of ketones is 3. The summed E-state index contributed by atoms with van der Waals surface area (Å²) < 4.78 is 0. The summed E-state index contributed by atoms with van der Waals surface area (Å²) in [5.41, 5.74) is -5.09. The Morgan fingerprint density at radius 3 is 2.25 bits per heavy atom. The molecule has 10 nitrogen and oxygen atoms in total. The van der Waals surface area contributed by atoms with Crippen molar-refractivity contribution in [3.05, 3.63) is 46.2 Å². The Bertz CT molecular complexity index is 1240. The van der Waals surface area contributed by atoms with E-state index in [2.05, 4.69) is 0 Å². The first kappa shape index (κ1) is 26.0. The molecule has 6 N–H and O–H groups in total. The van der Waals surface area contributed by atoms with Crippen LogP contribution < -0.4 is 0 Å². The van der Waals surface area contributed by atoms with Crippen molar-refractivity contribution in [3.63, 3.8) is 0 Å². The average Bonchev–Trinajstić information content (AvgIpc) is 2.75. The summed E-state index contributed by atoms with van der Waals surface area (Å²) in [4.78, 5) is 41.9. The van der Waals surface area contributed by atoms with Gasteiger partial charge in [0.1, 0.15) is 22.8 Å². The monoisotopic (exact) mass is 501 g/mol. The first-order valence-electron chi connectivity index (χ1n) is 11.6. The summed E-state index contributed by atoms with van der Waals surface area (Å²) in [6.45, 7) is 5.23. The highest BCUT2D eigenvalue weighted by molar-refractivity contribution is 6.25. The largest absolute Gasteiger partial charge is 0.508 e. The van der Waals surface area contributed by atoms with E-state index in [-0.39, 0.29) is 17.5 Å². The molecule has 6 atom stereocenters. The lowest BCUT2D eigenvalue weighted by Gasteiger charge is -2.53. The third-order valence-corrected chi connectivity index (χ3v) is 7.35. The molecular formula is C26H31NO9. The number of Topliss-reactive ketones (excluding diaryl/α,β-unsaturated/α-hetero) is 3. The van der Waals surface area contributed by atoms with E-state index in [9.17, 15) is 45.0 Å². The number of hydrogen-bond donors (Lipinski definition) is 6. The maximum absolute atomic E-state index is 13.9. The summed E-state index contributed by atoms with van der Waals surface area (Å²) in [6, 6.07) is 2.63. The van der Waals surface area contributed by atoms with Gasteiger partial charge in [-0.2, -0.15) is 0 Å². The number of aromatic hydroxyl groups is 1. The molecule has 3 aliphatic carbocycles. The fourth-order valence-electron chi connectivity index (χ4n) is 5.84. The second-order valence-corrected chi connectivity index (χ2v) is 11.2. The van der Waals surface area contributed by atoms with Crippen molar-refractivity contribution >= 4 is 23.1 Å². The number of fused-ring (bicyclic) bond motifs is 3. The molecule has 0 bridgehead atoms. The van der Waals surface area contributed by atoms with Gasteiger partial charge in [0, 0.05) is 17.9 Å². The number of carbonyl (C=O) groups excluding carboxylic acids is 3. The normalized spacial score (nSPS) is 32.4. The van der Waals surface area contributed by atoms with Gasteiger partial charge < -0.3 is 30.6 Å². The summed E-state index contributed by atoms with van der Waals surface area (Å²) in [6.07, 6.45) is -3.57. The van der Waals surface area contributed by atoms with Crippen LogP contribution >= 0.6 is 0 Å². The van der Waals surface area contributed by atoms with Crippen molar-refractivity contribution in [2.75, 3.05) is 14.1 Å². The number of phenolic OH excluding ortho intramolecular Hbond substituents is 1. The summed E-state index contributed by atoms with van der Waals surface area (Å²) >= 11 is 0. The highest BCUT2D eigenvalue weighted by Crippen LogP contribution is 2.55. The van der Waals surface area contributed by atoms with Crippen LogP contribution in [0.4, 0.5) is 0 Å². The second-order valence-electron chi connectivity index (χ2n) is 11.2. The van der Waals surface area contributed by atoms with Crippen LogP contribution in [0.3, 0.4) is 0 Å². The molecule has 0 spiro atoms. The lowest BCUT2D eigenvalue weighted by Crippen LogP contribution is -2.70. The molecule has 194 valence electrons. The molecular weight excluding hydrogens is 470 g/mol. The zero-order valence-electron chi connectivity index (χ0n) is 20.7. The topological polar surface area (TPSA) is 176 Å². The summed E-state index contributed by atoms with van der Waals surface area (Å²) in [5.74, 6) is -8.48. The molecule has 0 saturated heterocycles. The van der Waals surface area contributed by atoms with Gasteiger partial charge in [-0.3, -0.25) is 19.3 Å². The number of aliphatic hydroxyl groups is 5. The third kappa shape index (κ3) is 3.43. The molecule has 1 fully saturated rings. The molecule has 0 radical (unpaired) electrons. The number of nitrogens with zero attached hydrogens (tertiary/aromatic N) is 1. The Balaban J connectivity index is 2.02. The van der Waals surface area contributed by atoms with E-state index < -0.39 is 86.9 Å². The molecule has 0 amide bonds. The predicted molar refractivity (Wildman–Crippen MR) is 127 cm³/mol. The fraction of sp³-hybridized carbons (Fsp3) is 0.500. The number of hydrogen-bond acceptors (Lipinski definition) is 10. The number of aliphatic hydroxyl groups excluding tert-OH is 4. The highest BCUT2D eigenvalue weighted by Gasteiger charge is 2.68. The van der Waals surface area contributed by atoms with Crippen molar-refractivity contribution in [1.29, 1.82) is 0 Å². The number of rotatable bonds is 3. The van der Waals surface area contributed by atoms with Crippen molar-refractivity contribution < 1.29 is 45.0 Å². The van der Waals surface area contributed by atoms with E-state index in [0.717, 1.165) is 0 Å². The van der Waals surface area contributed by atoms with Gasteiger partial charge in [0.15, 0.2) is 17.2 Å². The van der Waals surface area contributed by atoms with Gasteiger partial charge in [0.25, 0.3) is 0 Å². The van der Waals surface area contributed by atoms with Gasteiger partial charge in [-0.25, -0.2) is 0 Å². The molecule has 0 heterocycles. The number of carbonyl (C=O) groups is 3. The van der Waals surface area contributed by atoms with E-state index >= 15 is 0 Å². The Kier molecular flexibility index (Phi) is 5.96. The standard InChI is InChI=1S/C26H31NO9/c1-25(2,3)9-12(29)14-22(33)18(27(4)5)17-21(32)15-16(24(35)26(17,36)23(14)34)20(31)13-10(19(15)30)7-6-8-11(13)28/h6-8,15,17-19,21,28,30-32,34,36H,9H2,1-5H3/t15-,17+,18-,19-,21-,26+/m0/s1. The molecule has 4 rings (SSSR count). The lowest BCUT2D eigenvalue weighted by atomic mass is 9.55. The van der Waals surface area contributed by atoms with Crippen molar-refractivity contribution in [2.24, 2.45) is 17.3 Å². The van der Waals surface area contributed by atoms with Crippen LogP contribution in [0.5, 0.6) is 5.75 Å². The Morgan fingerprint density at radius 1 is 1.08 bits per heavy atom. The number of benzene rings is 1. The Morgan fingerprint density at radius 2 is 1.69 bits per heavy atom. The summed E-state index contributed by atoms with van der Waals surface area (Å²) in [5, 5.41) is 66.8. The van der Waals surface area contributed by atoms with Gasteiger partial charge in [0.05, 0.1) is 29.7 Å². The smallest absolute Gasteiger partial charge is 0.202 e.